The third-order valence-corrected chi connectivity index (χ3v) is 4.70. The third kappa shape index (κ3) is 5.68. The molecule has 6 nitrogen and oxygen atoms in total. The fraction of sp³-hybridized carbons (Fsp3) is 0.235. The molecule has 0 aliphatic heterocycles. The van der Waals surface area contributed by atoms with E-state index in [1.165, 1.54) is 7.05 Å². The summed E-state index contributed by atoms with van der Waals surface area (Å²) in [5.41, 5.74) is 2.16. The molecule has 2 N–H and O–H groups in total. The van der Waals surface area contributed by atoms with Crippen molar-refractivity contribution in [2.75, 3.05) is 26.0 Å². The van der Waals surface area contributed by atoms with E-state index < -0.39 is 10.0 Å². The molecule has 1 amide bonds. The van der Waals surface area contributed by atoms with Gasteiger partial charge in [-0.25, -0.2) is 13.1 Å². The number of carbonyl (C=O) groups excluding carboxylic acids is 1. The van der Waals surface area contributed by atoms with Crippen molar-refractivity contribution in [1.29, 1.82) is 0 Å². The van der Waals surface area contributed by atoms with Gasteiger partial charge in [-0.2, -0.15) is 0 Å². The van der Waals surface area contributed by atoms with E-state index >= 15 is 0 Å². The zero-order valence-electron chi connectivity index (χ0n) is 13.4. The molecule has 0 aliphatic carbocycles. The van der Waals surface area contributed by atoms with Gasteiger partial charge >= 0.3 is 0 Å². The Morgan fingerprint density at radius 3 is 2.25 bits per heavy atom. The lowest BCUT2D eigenvalue weighted by atomic mass is 10.1. The van der Waals surface area contributed by atoms with E-state index in [2.05, 4.69) is 10.0 Å². The summed E-state index contributed by atoms with van der Waals surface area (Å²) in [5, 5.41) is 2.50. The molecule has 0 unspecified atom stereocenters. The summed E-state index contributed by atoms with van der Waals surface area (Å²) >= 11 is 0. The zero-order valence-corrected chi connectivity index (χ0v) is 14.2. The van der Waals surface area contributed by atoms with Crippen molar-refractivity contribution in [3.05, 3.63) is 54.6 Å². The third-order valence-electron chi connectivity index (χ3n) is 3.34. The van der Waals surface area contributed by atoms with Crippen LogP contribution in [0.25, 0.3) is 11.1 Å². The zero-order chi connectivity index (χ0) is 17.4. The van der Waals surface area contributed by atoms with Gasteiger partial charge in [0.25, 0.3) is 5.91 Å². The second-order valence-electron chi connectivity index (χ2n) is 5.05. The van der Waals surface area contributed by atoms with E-state index in [1.807, 2.05) is 42.5 Å². The number of sulfonamides is 1. The Morgan fingerprint density at radius 1 is 1.00 bits per heavy atom. The largest absolute Gasteiger partial charge is 0.484 e. The molecule has 0 atom stereocenters. The number of nitrogens with one attached hydrogen (secondary N) is 2. The van der Waals surface area contributed by atoms with Crippen LogP contribution in [0.15, 0.2) is 54.6 Å². The van der Waals surface area contributed by atoms with Crippen molar-refractivity contribution in [3.63, 3.8) is 0 Å². The van der Waals surface area contributed by atoms with Crippen LogP contribution in [0.2, 0.25) is 0 Å². The van der Waals surface area contributed by atoms with Crippen molar-refractivity contribution < 1.29 is 17.9 Å². The summed E-state index contributed by atoms with van der Waals surface area (Å²) in [6, 6.07) is 17.4. The quantitative estimate of drug-likeness (QED) is 0.755. The Balaban J connectivity index is 1.79. The molecule has 0 aliphatic rings. The first kappa shape index (κ1) is 18.0. The second-order valence-corrected chi connectivity index (χ2v) is 7.10. The van der Waals surface area contributed by atoms with Crippen molar-refractivity contribution in [1.82, 2.24) is 10.0 Å². The first-order valence-electron chi connectivity index (χ1n) is 7.46. The van der Waals surface area contributed by atoms with Crippen molar-refractivity contribution in [2.45, 2.75) is 0 Å². The molecule has 7 heteroatoms. The first-order chi connectivity index (χ1) is 11.5. The van der Waals surface area contributed by atoms with Gasteiger partial charge in [0.15, 0.2) is 6.61 Å². The van der Waals surface area contributed by atoms with E-state index in [1.54, 1.807) is 12.1 Å². The van der Waals surface area contributed by atoms with E-state index in [-0.39, 0.29) is 24.8 Å². The summed E-state index contributed by atoms with van der Waals surface area (Å²) in [5.74, 6) is 0.0437. The van der Waals surface area contributed by atoms with E-state index in [0.29, 0.717) is 5.75 Å². The lowest BCUT2D eigenvalue weighted by Crippen LogP contribution is -2.35. The van der Waals surface area contributed by atoms with Crippen LogP contribution in [0.5, 0.6) is 5.75 Å². The molecular formula is C17H20N2O4S. The number of ether oxygens (including phenoxy) is 1. The maximum absolute atomic E-state index is 11.6. The Bertz CT molecular complexity index is 759. The van der Waals surface area contributed by atoms with Crippen LogP contribution in [-0.4, -0.2) is 40.3 Å². The number of hydrogen-bond donors (Lipinski definition) is 2. The van der Waals surface area contributed by atoms with Gasteiger partial charge in [0, 0.05) is 6.54 Å². The number of carbonyl (C=O) groups is 1. The molecule has 0 saturated heterocycles. The number of rotatable bonds is 8. The monoisotopic (exact) mass is 348 g/mol. The first-order valence-corrected chi connectivity index (χ1v) is 9.11. The van der Waals surface area contributed by atoms with Crippen LogP contribution in [0.3, 0.4) is 0 Å². The van der Waals surface area contributed by atoms with Crippen LogP contribution in [-0.2, 0) is 14.8 Å². The van der Waals surface area contributed by atoms with Crippen LogP contribution in [0, 0.1) is 0 Å². The lowest BCUT2D eigenvalue weighted by Gasteiger charge is -2.08. The summed E-state index contributed by atoms with van der Waals surface area (Å²) < 4.78 is 30.0. The summed E-state index contributed by atoms with van der Waals surface area (Å²) in [6.45, 7) is -0.122. The molecule has 128 valence electrons. The van der Waals surface area contributed by atoms with Gasteiger partial charge in [0.05, 0.1) is 5.75 Å². The number of amides is 1. The highest BCUT2D eigenvalue weighted by Gasteiger charge is 2.08. The molecule has 0 radical (unpaired) electrons. The van der Waals surface area contributed by atoms with Crippen LogP contribution in [0.1, 0.15) is 0 Å². The number of benzene rings is 2. The Morgan fingerprint density at radius 2 is 1.62 bits per heavy atom. The van der Waals surface area contributed by atoms with Gasteiger partial charge in [-0.05, 0) is 30.3 Å². The topological polar surface area (TPSA) is 84.5 Å². The maximum Gasteiger partial charge on any atom is 0.257 e. The molecule has 2 aromatic rings. The van der Waals surface area contributed by atoms with E-state index in [0.717, 1.165) is 11.1 Å². The Labute approximate surface area is 141 Å². The highest BCUT2D eigenvalue weighted by Crippen LogP contribution is 2.21. The van der Waals surface area contributed by atoms with Gasteiger partial charge in [-0.3, -0.25) is 4.79 Å². The highest BCUT2D eigenvalue weighted by molar-refractivity contribution is 7.89. The van der Waals surface area contributed by atoms with E-state index in [4.69, 9.17) is 4.74 Å². The molecule has 0 aromatic heterocycles. The smallest absolute Gasteiger partial charge is 0.257 e. The minimum Gasteiger partial charge on any atom is -0.484 e. The second kappa shape index (κ2) is 8.47. The average molecular weight is 348 g/mol. The van der Waals surface area contributed by atoms with E-state index in [9.17, 15) is 13.2 Å². The standard InChI is InChI=1S/C17H20N2O4S/c1-18-24(21,22)12-11-19-17(20)13-23-16-9-7-15(8-10-16)14-5-3-2-4-6-14/h2-10,18H,11-13H2,1H3,(H,19,20). The maximum atomic E-state index is 11.6. The highest BCUT2D eigenvalue weighted by atomic mass is 32.2. The van der Waals surface area contributed by atoms with Gasteiger partial charge in [-0.15, -0.1) is 0 Å². The van der Waals surface area contributed by atoms with Crippen molar-refractivity contribution in [3.8, 4) is 16.9 Å². The van der Waals surface area contributed by atoms with Crippen molar-refractivity contribution in [2.24, 2.45) is 0 Å². The molecule has 2 rings (SSSR count). The Kier molecular flexibility index (Phi) is 6.34. The summed E-state index contributed by atoms with van der Waals surface area (Å²) in [4.78, 5) is 11.6. The molecule has 0 heterocycles. The average Bonchev–Trinajstić information content (AvgIpc) is 2.61. The molecule has 0 saturated carbocycles. The minimum atomic E-state index is -3.32. The van der Waals surface area contributed by atoms with Gasteiger partial charge in [-0.1, -0.05) is 42.5 Å². The molecule has 0 spiro atoms. The summed E-state index contributed by atoms with van der Waals surface area (Å²) in [7, 11) is -1.99. The fourth-order valence-electron chi connectivity index (χ4n) is 2.00. The number of hydrogen-bond acceptors (Lipinski definition) is 4. The van der Waals surface area contributed by atoms with Crippen molar-refractivity contribution >= 4 is 15.9 Å². The van der Waals surface area contributed by atoms with Crippen LogP contribution in [0.4, 0.5) is 0 Å². The molecular weight excluding hydrogens is 328 g/mol. The molecule has 24 heavy (non-hydrogen) atoms. The van der Waals surface area contributed by atoms with Gasteiger partial charge in [0.1, 0.15) is 5.75 Å². The lowest BCUT2D eigenvalue weighted by molar-refractivity contribution is -0.122. The Hall–Kier alpha value is -2.38. The van der Waals surface area contributed by atoms with Gasteiger partial charge < -0.3 is 10.1 Å². The SMILES string of the molecule is CNS(=O)(=O)CCNC(=O)COc1ccc(-c2ccccc2)cc1. The minimum absolute atomic E-state index is 0.0400. The molecule has 2 aromatic carbocycles. The fourth-order valence-corrected chi connectivity index (χ4v) is 2.58. The van der Waals surface area contributed by atoms with Crippen LogP contribution >= 0.6 is 0 Å². The van der Waals surface area contributed by atoms with Crippen LogP contribution < -0.4 is 14.8 Å². The normalized spacial score (nSPS) is 11.0. The van der Waals surface area contributed by atoms with Gasteiger partial charge in [0.2, 0.25) is 10.0 Å². The predicted octanol–water partition coefficient (Wildman–Crippen LogP) is 1.40. The molecule has 0 bridgehead atoms. The summed E-state index contributed by atoms with van der Waals surface area (Å²) in [6.07, 6.45) is 0. The molecule has 0 fully saturated rings. The predicted molar refractivity (Wildman–Crippen MR) is 93.2 cm³/mol.